The summed E-state index contributed by atoms with van der Waals surface area (Å²) in [7, 11) is -2.35. The zero-order valence-electron chi connectivity index (χ0n) is 19.5. The average molecular weight is 501 g/mol. The Morgan fingerprint density at radius 3 is 2.44 bits per heavy atom. The van der Waals surface area contributed by atoms with Gasteiger partial charge in [0.15, 0.2) is 0 Å². The van der Waals surface area contributed by atoms with Gasteiger partial charge in [0.1, 0.15) is 12.3 Å². The number of ether oxygens (including phenoxy) is 1. The van der Waals surface area contributed by atoms with Crippen molar-refractivity contribution in [3.05, 3.63) is 88.4 Å². The van der Waals surface area contributed by atoms with Crippen LogP contribution in [0.3, 0.4) is 0 Å². The number of carbonyl (C=O) groups is 1. The summed E-state index contributed by atoms with van der Waals surface area (Å²) in [5, 5.41) is 3.26. The van der Waals surface area contributed by atoms with Crippen LogP contribution < -0.4 is 14.4 Å². The van der Waals surface area contributed by atoms with Crippen molar-refractivity contribution in [1.29, 1.82) is 0 Å². The van der Waals surface area contributed by atoms with Crippen LogP contribution in [0, 0.1) is 13.8 Å². The normalized spacial score (nSPS) is 11.2. The van der Waals surface area contributed by atoms with Gasteiger partial charge in [0.25, 0.3) is 10.0 Å². The standard InChI is InChI=1S/C26H29ClN2O4S/c1-19-9-13-24(14-10-19)34(31,32)29(22-12-11-20(2)25(27)17-22)18-26(30)28-15-5-7-21-6-4-8-23(16-21)33-3/h4,6,8-14,16-17H,5,7,15,18H2,1-3H3,(H,28,30). The van der Waals surface area contributed by atoms with Gasteiger partial charge < -0.3 is 10.1 Å². The first-order valence-electron chi connectivity index (χ1n) is 11.0. The van der Waals surface area contributed by atoms with Crippen molar-refractivity contribution < 1.29 is 17.9 Å². The van der Waals surface area contributed by atoms with Gasteiger partial charge >= 0.3 is 0 Å². The van der Waals surface area contributed by atoms with Gasteiger partial charge in [-0.25, -0.2) is 8.42 Å². The quantitative estimate of drug-likeness (QED) is 0.401. The van der Waals surface area contributed by atoms with E-state index in [9.17, 15) is 13.2 Å². The van der Waals surface area contributed by atoms with Crippen molar-refractivity contribution in [1.82, 2.24) is 5.32 Å². The molecule has 0 radical (unpaired) electrons. The first-order valence-corrected chi connectivity index (χ1v) is 12.8. The van der Waals surface area contributed by atoms with E-state index in [1.807, 2.05) is 38.1 Å². The first-order chi connectivity index (χ1) is 16.2. The first kappa shape index (κ1) is 25.6. The number of nitrogens with zero attached hydrogens (tertiary/aromatic N) is 1. The third-order valence-electron chi connectivity index (χ3n) is 5.44. The Kier molecular flexibility index (Phi) is 8.58. The lowest BCUT2D eigenvalue weighted by Crippen LogP contribution is -2.41. The largest absolute Gasteiger partial charge is 0.497 e. The lowest BCUT2D eigenvalue weighted by molar-refractivity contribution is -0.119. The van der Waals surface area contributed by atoms with Gasteiger partial charge in [-0.15, -0.1) is 0 Å². The predicted octanol–water partition coefficient (Wildman–Crippen LogP) is 4.91. The number of rotatable bonds is 10. The molecule has 1 N–H and O–H groups in total. The monoisotopic (exact) mass is 500 g/mol. The Balaban J connectivity index is 1.72. The fourth-order valence-corrected chi connectivity index (χ4v) is 5.01. The number of methoxy groups -OCH3 is 1. The molecule has 3 aromatic carbocycles. The molecule has 0 atom stereocenters. The number of anilines is 1. The molecule has 0 saturated carbocycles. The molecule has 0 saturated heterocycles. The fraction of sp³-hybridized carbons (Fsp3) is 0.269. The van der Waals surface area contributed by atoms with E-state index in [2.05, 4.69) is 5.32 Å². The maximum absolute atomic E-state index is 13.4. The minimum absolute atomic E-state index is 0.112. The molecule has 0 spiro atoms. The molecule has 0 aromatic heterocycles. The van der Waals surface area contributed by atoms with Crippen LogP contribution in [0.15, 0.2) is 71.6 Å². The molecule has 0 aliphatic carbocycles. The predicted molar refractivity (Wildman–Crippen MR) is 136 cm³/mol. The van der Waals surface area contributed by atoms with Crippen LogP contribution >= 0.6 is 11.6 Å². The van der Waals surface area contributed by atoms with Crippen molar-refractivity contribution in [2.75, 3.05) is 24.5 Å². The second kappa shape index (κ2) is 11.4. The van der Waals surface area contributed by atoms with Gasteiger partial charge in [0.2, 0.25) is 5.91 Å². The minimum Gasteiger partial charge on any atom is -0.497 e. The van der Waals surface area contributed by atoms with Crippen LogP contribution in [-0.4, -0.2) is 34.5 Å². The Hall–Kier alpha value is -3.03. The second-order valence-corrected chi connectivity index (χ2v) is 10.3. The Bertz CT molecular complexity index is 1240. The molecular formula is C26H29ClN2O4S. The van der Waals surface area contributed by atoms with Crippen molar-refractivity contribution in [2.45, 2.75) is 31.6 Å². The third kappa shape index (κ3) is 6.52. The van der Waals surface area contributed by atoms with Crippen molar-refractivity contribution in [3.8, 4) is 5.75 Å². The lowest BCUT2D eigenvalue weighted by Gasteiger charge is -2.24. The van der Waals surface area contributed by atoms with Gasteiger partial charge in [-0.3, -0.25) is 9.10 Å². The highest BCUT2D eigenvalue weighted by Gasteiger charge is 2.27. The molecule has 0 unspecified atom stereocenters. The maximum Gasteiger partial charge on any atom is 0.264 e. The van der Waals surface area contributed by atoms with Gasteiger partial charge in [0.05, 0.1) is 17.7 Å². The zero-order valence-corrected chi connectivity index (χ0v) is 21.1. The summed E-state index contributed by atoms with van der Waals surface area (Å²) in [4.78, 5) is 12.9. The van der Waals surface area contributed by atoms with E-state index >= 15 is 0 Å². The minimum atomic E-state index is -3.98. The van der Waals surface area contributed by atoms with Crippen LogP contribution in [0.2, 0.25) is 5.02 Å². The highest BCUT2D eigenvalue weighted by Crippen LogP contribution is 2.28. The van der Waals surface area contributed by atoms with E-state index in [1.54, 1.807) is 49.6 Å². The summed E-state index contributed by atoms with van der Waals surface area (Å²) < 4.78 is 33.2. The average Bonchev–Trinajstić information content (AvgIpc) is 2.82. The molecule has 6 nitrogen and oxygen atoms in total. The smallest absolute Gasteiger partial charge is 0.264 e. The van der Waals surface area contributed by atoms with Gasteiger partial charge in [0, 0.05) is 11.6 Å². The molecule has 8 heteroatoms. The van der Waals surface area contributed by atoms with E-state index in [1.165, 1.54) is 0 Å². The SMILES string of the molecule is COc1cccc(CCCNC(=O)CN(c2ccc(C)c(Cl)c2)S(=O)(=O)c2ccc(C)cc2)c1. The lowest BCUT2D eigenvalue weighted by atomic mass is 10.1. The summed E-state index contributed by atoms with van der Waals surface area (Å²) in [6.45, 7) is 3.78. The number of benzene rings is 3. The summed E-state index contributed by atoms with van der Waals surface area (Å²) in [5.74, 6) is 0.397. The molecule has 0 aliphatic heterocycles. The van der Waals surface area contributed by atoms with Crippen molar-refractivity contribution >= 4 is 33.2 Å². The molecule has 3 aromatic rings. The Labute approximate surface area is 206 Å². The highest BCUT2D eigenvalue weighted by atomic mass is 35.5. The summed E-state index contributed by atoms with van der Waals surface area (Å²) >= 11 is 6.26. The molecule has 0 heterocycles. The topological polar surface area (TPSA) is 75.7 Å². The highest BCUT2D eigenvalue weighted by molar-refractivity contribution is 7.92. The van der Waals surface area contributed by atoms with Gasteiger partial charge in [-0.05, 0) is 74.2 Å². The van der Waals surface area contributed by atoms with Crippen molar-refractivity contribution in [3.63, 3.8) is 0 Å². The van der Waals surface area contributed by atoms with E-state index in [0.29, 0.717) is 23.7 Å². The van der Waals surface area contributed by atoms with E-state index in [0.717, 1.165) is 33.2 Å². The maximum atomic E-state index is 13.4. The van der Waals surface area contributed by atoms with Crippen LogP contribution in [0.4, 0.5) is 5.69 Å². The van der Waals surface area contributed by atoms with Crippen LogP contribution in [0.5, 0.6) is 5.75 Å². The third-order valence-corrected chi connectivity index (χ3v) is 7.63. The van der Waals surface area contributed by atoms with Crippen LogP contribution in [0.25, 0.3) is 0 Å². The fourth-order valence-electron chi connectivity index (χ4n) is 3.42. The number of sulfonamides is 1. The van der Waals surface area contributed by atoms with Crippen LogP contribution in [0.1, 0.15) is 23.1 Å². The number of carbonyl (C=O) groups excluding carboxylic acids is 1. The molecule has 1 amide bonds. The molecule has 0 bridgehead atoms. The van der Waals surface area contributed by atoms with Crippen LogP contribution in [-0.2, 0) is 21.2 Å². The summed E-state index contributed by atoms with van der Waals surface area (Å²) in [5.41, 5.74) is 3.20. The summed E-state index contributed by atoms with van der Waals surface area (Å²) in [6, 6.07) is 19.3. The Morgan fingerprint density at radius 2 is 1.76 bits per heavy atom. The Morgan fingerprint density at radius 1 is 1.03 bits per heavy atom. The summed E-state index contributed by atoms with van der Waals surface area (Å²) in [6.07, 6.45) is 1.47. The molecule has 34 heavy (non-hydrogen) atoms. The second-order valence-electron chi connectivity index (χ2n) is 8.06. The van der Waals surface area contributed by atoms with E-state index in [-0.39, 0.29) is 11.4 Å². The van der Waals surface area contributed by atoms with E-state index in [4.69, 9.17) is 16.3 Å². The van der Waals surface area contributed by atoms with Gasteiger partial charge in [-0.1, -0.05) is 47.5 Å². The molecule has 0 aliphatic rings. The van der Waals surface area contributed by atoms with Crippen molar-refractivity contribution in [2.24, 2.45) is 0 Å². The number of hydrogen-bond donors (Lipinski definition) is 1. The van der Waals surface area contributed by atoms with E-state index < -0.39 is 15.9 Å². The van der Waals surface area contributed by atoms with Gasteiger partial charge in [-0.2, -0.15) is 0 Å². The number of amides is 1. The number of nitrogens with one attached hydrogen (secondary N) is 1. The molecule has 0 fully saturated rings. The molecular weight excluding hydrogens is 472 g/mol. The molecule has 3 rings (SSSR count). The number of hydrogen-bond acceptors (Lipinski definition) is 4. The zero-order chi connectivity index (χ0) is 24.7. The number of halogens is 1. The number of aryl methyl sites for hydroxylation is 3. The molecule has 180 valence electrons.